The molecule has 0 radical (unpaired) electrons. The van der Waals surface area contributed by atoms with E-state index in [-0.39, 0.29) is 0 Å². The van der Waals surface area contributed by atoms with E-state index in [1.54, 1.807) is 18.9 Å². The average molecular weight is 299 g/mol. The normalized spacial score (nSPS) is 15.9. The highest BCUT2D eigenvalue weighted by molar-refractivity contribution is 8.13. The molecule has 2 heterocycles. The Hall–Kier alpha value is -2.01. The molecule has 0 unspecified atom stereocenters. The molecule has 0 spiro atoms. The SMILES string of the molecule is CCN1Cc2cccnc2SC1=Nc1ccc(OC)cc1. The van der Waals surface area contributed by atoms with Crippen LogP contribution in [0.4, 0.5) is 5.69 Å². The molecule has 0 saturated heterocycles. The summed E-state index contributed by atoms with van der Waals surface area (Å²) in [6, 6.07) is 11.9. The highest BCUT2D eigenvalue weighted by Gasteiger charge is 2.21. The van der Waals surface area contributed by atoms with E-state index in [0.717, 1.165) is 34.7 Å². The van der Waals surface area contributed by atoms with Gasteiger partial charge in [0.25, 0.3) is 0 Å². The summed E-state index contributed by atoms with van der Waals surface area (Å²) in [6.45, 7) is 3.93. The number of fused-ring (bicyclic) bond motifs is 1. The number of methoxy groups -OCH3 is 1. The maximum Gasteiger partial charge on any atom is 0.171 e. The molecule has 108 valence electrons. The first-order valence-corrected chi connectivity index (χ1v) is 7.71. The van der Waals surface area contributed by atoms with Crippen LogP contribution < -0.4 is 4.74 Å². The van der Waals surface area contributed by atoms with Crippen LogP contribution in [0.2, 0.25) is 0 Å². The van der Waals surface area contributed by atoms with Crippen molar-refractivity contribution >= 4 is 22.6 Å². The van der Waals surface area contributed by atoms with E-state index in [1.165, 1.54) is 5.56 Å². The maximum absolute atomic E-state index is 5.17. The number of pyridine rings is 1. The summed E-state index contributed by atoms with van der Waals surface area (Å²) in [5.41, 5.74) is 2.19. The van der Waals surface area contributed by atoms with Gasteiger partial charge in [-0.15, -0.1) is 0 Å². The van der Waals surface area contributed by atoms with Crippen molar-refractivity contribution in [1.29, 1.82) is 0 Å². The Kier molecular flexibility index (Phi) is 4.10. The number of aromatic nitrogens is 1. The predicted octanol–water partition coefficient (Wildman–Crippen LogP) is 3.71. The molecule has 0 saturated carbocycles. The summed E-state index contributed by atoms with van der Waals surface area (Å²) in [4.78, 5) is 11.5. The number of ether oxygens (including phenoxy) is 1. The molecule has 0 atom stereocenters. The van der Waals surface area contributed by atoms with Crippen LogP contribution in [0.3, 0.4) is 0 Å². The smallest absolute Gasteiger partial charge is 0.171 e. The van der Waals surface area contributed by atoms with Gasteiger partial charge in [-0.2, -0.15) is 0 Å². The highest BCUT2D eigenvalue weighted by Crippen LogP contribution is 2.32. The quantitative estimate of drug-likeness (QED) is 0.866. The van der Waals surface area contributed by atoms with Crippen molar-refractivity contribution in [2.24, 2.45) is 4.99 Å². The molecule has 4 nitrogen and oxygen atoms in total. The van der Waals surface area contributed by atoms with Crippen LogP contribution in [-0.4, -0.2) is 28.7 Å². The molecule has 21 heavy (non-hydrogen) atoms. The number of hydrogen-bond acceptors (Lipinski definition) is 4. The summed E-state index contributed by atoms with van der Waals surface area (Å²) in [5.74, 6) is 0.842. The Bertz CT molecular complexity index is 655. The lowest BCUT2D eigenvalue weighted by Gasteiger charge is -2.29. The van der Waals surface area contributed by atoms with Crippen LogP contribution in [0.5, 0.6) is 5.75 Å². The Morgan fingerprint density at radius 3 is 2.81 bits per heavy atom. The van der Waals surface area contributed by atoms with Crippen LogP contribution in [-0.2, 0) is 6.54 Å². The second-order valence-corrected chi connectivity index (χ2v) is 5.63. The van der Waals surface area contributed by atoms with Crippen LogP contribution >= 0.6 is 11.8 Å². The molecular weight excluding hydrogens is 282 g/mol. The number of nitrogens with zero attached hydrogens (tertiary/aromatic N) is 3. The first-order valence-electron chi connectivity index (χ1n) is 6.89. The van der Waals surface area contributed by atoms with Crippen LogP contribution in [0.25, 0.3) is 0 Å². The summed E-state index contributed by atoms with van der Waals surface area (Å²) < 4.78 is 5.17. The molecule has 0 aliphatic carbocycles. The van der Waals surface area contributed by atoms with Crippen molar-refractivity contribution < 1.29 is 4.74 Å². The average Bonchev–Trinajstić information content (AvgIpc) is 2.55. The molecule has 0 fully saturated rings. The Morgan fingerprint density at radius 2 is 2.10 bits per heavy atom. The summed E-state index contributed by atoms with van der Waals surface area (Å²) in [6.07, 6.45) is 1.83. The van der Waals surface area contributed by atoms with Gasteiger partial charge in [-0.05, 0) is 49.0 Å². The third-order valence-corrected chi connectivity index (χ3v) is 4.44. The number of amidine groups is 1. The van der Waals surface area contributed by atoms with Gasteiger partial charge >= 0.3 is 0 Å². The molecule has 0 amide bonds. The number of hydrogen-bond donors (Lipinski definition) is 0. The van der Waals surface area contributed by atoms with E-state index >= 15 is 0 Å². The zero-order chi connectivity index (χ0) is 14.7. The van der Waals surface area contributed by atoms with Crippen LogP contribution in [0, 0.1) is 0 Å². The van der Waals surface area contributed by atoms with Crippen molar-refractivity contribution in [2.75, 3.05) is 13.7 Å². The lowest BCUT2D eigenvalue weighted by Crippen LogP contribution is -2.31. The van der Waals surface area contributed by atoms with Crippen molar-refractivity contribution in [3.05, 3.63) is 48.2 Å². The maximum atomic E-state index is 5.17. The number of aliphatic imine (C=N–C) groups is 1. The fraction of sp³-hybridized carbons (Fsp3) is 0.250. The molecule has 0 bridgehead atoms. The standard InChI is InChI=1S/C16H17N3OS/c1-3-19-11-12-5-4-10-17-15(12)21-16(19)18-13-6-8-14(20-2)9-7-13/h4-10H,3,11H2,1-2H3. The van der Waals surface area contributed by atoms with Crippen molar-refractivity contribution in [3.63, 3.8) is 0 Å². The second kappa shape index (κ2) is 6.18. The van der Waals surface area contributed by atoms with E-state index in [0.29, 0.717) is 0 Å². The summed E-state index contributed by atoms with van der Waals surface area (Å²) in [7, 11) is 1.67. The van der Waals surface area contributed by atoms with Gasteiger partial charge in [0.1, 0.15) is 10.8 Å². The van der Waals surface area contributed by atoms with Crippen LogP contribution in [0.15, 0.2) is 52.6 Å². The molecule has 1 aliphatic heterocycles. The summed E-state index contributed by atoms with van der Waals surface area (Å²) >= 11 is 1.63. The van der Waals surface area contributed by atoms with Gasteiger partial charge in [-0.3, -0.25) is 0 Å². The van der Waals surface area contributed by atoms with Gasteiger partial charge in [0, 0.05) is 24.8 Å². The van der Waals surface area contributed by atoms with Crippen molar-refractivity contribution in [1.82, 2.24) is 9.88 Å². The lowest BCUT2D eigenvalue weighted by molar-refractivity contribution is 0.415. The third-order valence-electron chi connectivity index (χ3n) is 3.35. The van der Waals surface area contributed by atoms with E-state index in [1.807, 2.05) is 36.5 Å². The summed E-state index contributed by atoms with van der Waals surface area (Å²) in [5, 5.41) is 2.04. The van der Waals surface area contributed by atoms with Gasteiger partial charge in [-0.25, -0.2) is 9.98 Å². The molecule has 2 aromatic rings. The first kappa shape index (κ1) is 13.9. The minimum Gasteiger partial charge on any atom is -0.497 e. The fourth-order valence-electron chi connectivity index (χ4n) is 2.17. The Labute approximate surface area is 128 Å². The third kappa shape index (κ3) is 3.03. The highest BCUT2D eigenvalue weighted by atomic mass is 32.2. The molecule has 1 aromatic carbocycles. The molecule has 0 N–H and O–H groups in total. The molecule has 1 aliphatic rings. The van der Waals surface area contributed by atoms with Gasteiger partial charge in [0.2, 0.25) is 0 Å². The van der Waals surface area contributed by atoms with Crippen molar-refractivity contribution in [3.8, 4) is 5.75 Å². The number of thioether (sulfide) groups is 1. The second-order valence-electron chi connectivity index (χ2n) is 4.68. The molecule has 5 heteroatoms. The van der Waals surface area contributed by atoms with E-state index in [9.17, 15) is 0 Å². The topological polar surface area (TPSA) is 37.7 Å². The minimum absolute atomic E-state index is 0.842. The van der Waals surface area contributed by atoms with E-state index < -0.39 is 0 Å². The minimum atomic E-state index is 0.842. The van der Waals surface area contributed by atoms with E-state index in [4.69, 9.17) is 9.73 Å². The molecule has 3 rings (SSSR count). The van der Waals surface area contributed by atoms with Gasteiger partial charge in [0.05, 0.1) is 12.8 Å². The Morgan fingerprint density at radius 1 is 1.29 bits per heavy atom. The van der Waals surface area contributed by atoms with E-state index in [2.05, 4.69) is 22.9 Å². The Balaban J connectivity index is 1.90. The zero-order valence-electron chi connectivity index (χ0n) is 12.1. The largest absolute Gasteiger partial charge is 0.497 e. The molecule has 1 aromatic heterocycles. The van der Waals surface area contributed by atoms with Gasteiger partial charge in [0.15, 0.2) is 5.17 Å². The fourth-order valence-corrected chi connectivity index (χ4v) is 3.19. The molecular formula is C16H17N3OS. The number of benzene rings is 1. The first-order chi connectivity index (χ1) is 10.3. The lowest BCUT2D eigenvalue weighted by atomic mass is 10.2. The van der Waals surface area contributed by atoms with Crippen LogP contribution in [0.1, 0.15) is 12.5 Å². The zero-order valence-corrected chi connectivity index (χ0v) is 12.9. The van der Waals surface area contributed by atoms with Gasteiger partial charge in [-0.1, -0.05) is 6.07 Å². The predicted molar refractivity (Wildman–Crippen MR) is 86.3 cm³/mol. The van der Waals surface area contributed by atoms with Gasteiger partial charge < -0.3 is 9.64 Å². The monoisotopic (exact) mass is 299 g/mol. The van der Waals surface area contributed by atoms with Crippen molar-refractivity contribution in [2.45, 2.75) is 18.5 Å². The number of rotatable bonds is 3.